The van der Waals surface area contributed by atoms with Crippen LogP contribution in [0.3, 0.4) is 0 Å². The van der Waals surface area contributed by atoms with Crippen molar-refractivity contribution in [1.82, 2.24) is 0 Å². The van der Waals surface area contributed by atoms with Crippen molar-refractivity contribution >= 4 is 389 Å². The molecule has 0 nitrogen and oxygen atoms in total. The van der Waals surface area contributed by atoms with E-state index in [4.69, 9.17) is 204 Å². The van der Waals surface area contributed by atoms with Gasteiger partial charge in [0.2, 0.25) is 0 Å². The Morgan fingerprint density at radius 2 is 0.227 bits per heavy atom. The Hall–Kier alpha value is -3.51. The summed E-state index contributed by atoms with van der Waals surface area (Å²) in [5.41, 5.74) is -4.44. The molecule has 0 aliphatic carbocycles. The minimum atomic E-state index is -0.250. The Morgan fingerprint density at radius 1 is 0.0909 bits per heavy atom. The number of hydrogen-bond donors (Lipinski definition) is 0. The van der Waals surface area contributed by atoms with E-state index in [0.29, 0.717) is 0 Å². The Labute approximate surface area is 419 Å². The molecule has 66 heavy (non-hydrogen) atoms. The van der Waals surface area contributed by atoms with Gasteiger partial charge in [-0.05, 0) is 76.5 Å². The monoisotopic (exact) mass is 766 g/mol. The standard InChI is InChI=1S/C40B26/c41-15-11(24(50)32(58)25(51)12(15)9-10-14(27(53)31(57)21(9)47)29(55)40(66)38(64)23(10)49)2-6-3(17(43)33(59)35(61)19(6)45)1(4-7(2)20(46)36(62)34(60)18(4)44)5-8-13(26(52)30(56)16(5)42)28(54)39(65)37(63)22(8)48. The van der Waals surface area contributed by atoms with Crippen LogP contribution in [0.15, 0.2) is 0 Å². The van der Waals surface area contributed by atoms with E-state index in [1.807, 2.05) is 0 Å². The molecule has 52 radical (unpaired) electrons. The Morgan fingerprint density at radius 3 is 0.485 bits per heavy atom. The second kappa shape index (κ2) is 16.6. The third kappa shape index (κ3) is 6.29. The van der Waals surface area contributed by atoms with E-state index in [9.17, 15) is 0 Å². The van der Waals surface area contributed by atoms with Gasteiger partial charge in [-0.2, -0.15) is 0 Å². The molecule has 0 saturated heterocycles. The summed E-state index contributed by atoms with van der Waals surface area (Å²) in [4.78, 5) is 0. The molecule has 0 spiro atoms. The van der Waals surface area contributed by atoms with Crippen LogP contribution in [0.5, 0.6) is 0 Å². The molecule has 0 unspecified atom stereocenters. The zero-order valence-corrected chi connectivity index (χ0v) is 35.0. The molecule has 0 heterocycles. The minimum absolute atomic E-state index is 0.000311. The van der Waals surface area contributed by atoms with Crippen LogP contribution in [-0.2, 0) is 0 Å². The Bertz CT molecular complexity index is 3550. The summed E-state index contributed by atoms with van der Waals surface area (Å²) < 4.78 is 0. The van der Waals surface area contributed by atoms with Gasteiger partial charge in [0.15, 0.2) is 0 Å². The quantitative estimate of drug-likeness (QED) is 0.124. The lowest BCUT2D eigenvalue weighted by Crippen LogP contribution is -2.54. The largest absolute Gasteiger partial charge is 0.115 e. The van der Waals surface area contributed by atoms with Gasteiger partial charge in [-0.25, -0.2) is 0 Å². The highest BCUT2D eigenvalue weighted by molar-refractivity contribution is 6.77. The van der Waals surface area contributed by atoms with Crippen LogP contribution in [0.2, 0.25) is 0 Å². The van der Waals surface area contributed by atoms with E-state index in [-0.39, 0.29) is 219 Å². The molecule has 0 amide bonds. The fourth-order valence-corrected chi connectivity index (χ4v) is 9.17. The van der Waals surface area contributed by atoms with Crippen LogP contribution < -0.4 is 142 Å². The van der Waals surface area contributed by atoms with Gasteiger partial charge in [-0.1, -0.05) is 81.9 Å². The average Bonchev–Trinajstić information content (AvgIpc) is 3.28. The van der Waals surface area contributed by atoms with E-state index < -0.39 is 0 Å². The third-order valence-corrected chi connectivity index (χ3v) is 12.8. The molecule has 0 bridgehead atoms. The highest BCUT2D eigenvalue weighted by Crippen LogP contribution is 2.41. The smallest absolute Gasteiger partial charge is 0.110 e. The van der Waals surface area contributed by atoms with Crippen molar-refractivity contribution in [1.29, 1.82) is 0 Å². The third-order valence-electron chi connectivity index (χ3n) is 12.8. The van der Waals surface area contributed by atoms with Crippen molar-refractivity contribution in [3.8, 4) is 33.4 Å². The zero-order chi connectivity index (χ0) is 49.1. The first-order valence-corrected chi connectivity index (χ1v) is 19.3. The number of rotatable bonds is 3. The van der Waals surface area contributed by atoms with Crippen LogP contribution >= 0.6 is 0 Å². The maximum atomic E-state index is 7.33. The van der Waals surface area contributed by atoms with Crippen molar-refractivity contribution in [2.24, 2.45) is 0 Å². The van der Waals surface area contributed by atoms with Gasteiger partial charge in [0.25, 0.3) is 0 Å². The van der Waals surface area contributed by atoms with E-state index in [1.54, 1.807) is 0 Å². The lowest BCUT2D eigenvalue weighted by Gasteiger charge is -2.34. The molecule has 26 heteroatoms. The van der Waals surface area contributed by atoms with Gasteiger partial charge in [0, 0.05) is 0 Å². The normalized spacial score (nSPS) is 11.7. The fraction of sp³-hybridized carbons (Fsp3) is 0. The molecule has 0 aliphatic rings. The zero-order valence-electron chi connectivity index (χ0n) is 35.0. The minimum Gasteiger partial charge on any atom is -0.110 e. The van der Waals surface area contributed by atoms with Gasteiger partial charge in [-0.15, -0.1) is 60.1 Å². The molecular formula is C40B26. The van der Waals surface area contributed by atoms with Gasteiger partial charge in [-0.3, -0.25) is 0 Å². The molecular weight excluding hydrogens is 762 g/mol. The van der Waals surface area contributed by atoms with Crippen molar-refractivity contribution in [2.45, 2.75) is 0 Å². The topological polar surface area (TPSA) is 0 Å². The van der Waals surface area contributed by atoms with Gasteiger partial charge < -0.3 is 0 Å². The molecule has 8 rings (SSSR count). The van der Waals surface area contributed by atoms with E-state index in [1.165, 1.54) is 0 Å². The van der Waals surface area contributed by atoms with Crippen LogP contribution in [0.4, 0.5) is 0 Å². The molecule has 0 aliphatic heterocycles. The van der Waals surface area contributed by atoms with E-state index in [2.05, 4.69) is 0 Å². The van der Waals surface area contributed by atoms with Crippen molar-refractivity contribution in [3.05, 3.63) is 0 Å². The lowest BCUT2D eigenvalue weighted by atomic mass is 9.55. The highest BCUT2D eigenvalue weighted by Gasteiger charge is 2.31. The number of benzene rings is 8. The molecule has 0 aromatic heterocycles. The van der Waals surface area contributed by atoms with Crippen LogP contribution in [-0.4, -0.2) is 204 Å². The predicted octanol–water partition coefficient (Wildman–Crippen LogP) is -20.1. The van der Waals surface area contributed by atoms with Crippen molar-refractivity contribution in [2.75, 3.05) is 0 Å². The molecule has 238 valence electrons. The van der Waals surface area contributed by atoms with Gasteiger partial charge >= 0.3 is 0 Å². The molecule has 0 fully saturated rings. The summed E-state index contributed by atoms with van der Waals surface area (Å²) in [7, 11) is 175. The molecule has 0 saturated carbocycles. The van der Waals surface area contributed by atoms with Crippen molar-refractivity contribution < 1.29 is 0 Å². The second-order valence-electron chi connectivity index (χ2n) is 16.0. The molecule has 8 aromatic rings. The first-order chi connectivity index (χ1) is 30.7. The van der Waals surface area contributed by atoms with E-state index in [0.717, 1.165) is 0 Å². The Balaban J connectivity index is 1.77. The first-order valence-electron chi connectivity index (χ1n) is 19.3. The summed E-state index contributed by atoms with van der Waals surface area (Å²) in [6, 6.07) is 0. The lowest BCUT2D eigenvalue weighted by molar-refractivity contribution is 1.83. The SMILES string of the molecule is [B]c1c([B])c(-c2c([B])c([B])c([B])c3c([B])c([B])c([B])c([B])c23)c([B])c(-c2c3c([B])c([B])c([B])c([B])c3c(-c3c([B])c([B])c([B])c4c([B])c([B])c([B])c([B])c34)c3c([B])c([B])c([B])c([B])c23)c1[B]. The summed E-state index contributed by atoms with van der Waals surface area (Å²) in [5, 5.41) is 0.170. The maximum absolute atomic E-state index is 7.33. The Kier molecular flexibility index (Phi) is 12.3. The van der Waals surface area contributed by atoms with Gasteiger partial charge in [0.05, 0.1) is 0 Å². The summed E-state index contributed by atoms with van der Waals surface area (Å²) in [5.74, 6) is 0. The fourth-order valence-electron chi connectivity index (χ4n) is 9.17. The second-order valence-corrected chi connectivity index (χ2v) is 16.0. The van der Waals surface area contributed by atoms with Gasteiger partial charge in [0.1, 0.15) is 204 Å². The van der Waals surface area contributed by atoms with Crippen LogP contribution in [0, 0.1) is 0 Å². The molecule has 0 atom stereocenters. The predicted molar refractivity (Wildman–Crippen MR) is 313 cm³/mol. The summed E-state index contributed by atoms with van der Waals surface area (Å²) in [6.45, 7) is 0. The first kappa shape index (κ1) is 48.9. The molecule has 8 aromatic carbocycles. The summed E-state index contributed by atoms with van der Waals surface area (Å²) in [6.07, 6.45) is 0. The van der Waals surface area contributed by atoms with Crippen molar-refractivity contribution in [3.63, 3.8) is 0 Å². The highest BCUT2D eigenvalue weighted by atomic mass is 14.3. The number of fused-ring (bicyclic) bond motifs is 4. The molecule has 0 N–H and O–H groups in total. The average molecular weight is 762 g/mol. The van der Waals surface area contributed by atoms with E-state index >= 15 is 0 Å². The number of hydrogen-bond acceptors (Lipinski definition) is 0. The van der Waals surface area contributed by atoms with Crippen LogP contribution in [0.25, 0.3) is 76.5 Å². The summed E-state index contributed by atoms with van der Waals surface area (Å²) >= 11 is 0. The maximum Gasteiger partial charge on any atom is 0.115 e. The van der Waals surface area contributed by atoms with Crippen LogP contribution in [0.1, 0.15) is 0 Å².